The summed E-state index contributed by atoms with van der Waals surface area (Å²) in [5.74, 6) is -0.259. The fraction of sp³-hybridized carbons (Fsp3) is 0.500. The molecule has 3 unspecified atom stereocenters. The van der Waals surface area contributed by atoms with Gasteiger partial charge in [-0.2, -0.15) is 13.2 Å². The fourth-order valence-electron chi connectivity index (χ4n) is 4.63. The molecule has 3 atom stereocenters. The minimum absolute atomic E-state index is 0.176. The molecule has 2 aromatic rings. The fourth-order valence-corrected chi connectivity index (χ4v) is 4.63. The lowest BCUT2D eigenvalue weighted by molar-refractivity contribution is -0.131. The van der Waals surface area contributed by atoms with Gasteiger partial charge in [-0.3, -0.25) is 9.78 Å². The van der Waals surface area contributed by atoms with E-state index in [2.05, 4.69) is 4.98 Å². The van der Waals surface area contributed by atoms with Crippen molar-refractivity contribution < 1.29 is 27.4 Å². The van der Waals surface area contributed by atoms with Crippen LogP contribution in [0.2, 0.25) is 0 Å². The number of pyridine rings is 1. The van der Waals surface area contributed by atoms with E-state index in [1.807, 2.05) is 39.0 Å². The van der Waals surface area contributed by atoms with Gasteiger partial charge in [-0.15, -0.1) is 0 Å². The van der Waals surface area contributed by atoms with E-state index in [9.17, 15) is 18.0 Å². The summed E-state index contributed by atoms with van der Waals surface area (Å²) in [6, 6.07) is 10.2. The van der Waals surface area contributed by atoms with Crippen LogP contribution in [0.3, 0.4) is 0 Å². The van der Waals surface area contributed by atoms with Crippen molar-refractivity contribution >= 4 is 12.2 Å². The van der Waals surface area contributed by atoms with Crippen LogP contribution in [0, 0.1) is 5.41 Å². The average Bonchev–Trinajstić information content (AvgIpc) is 3.03. The molecule has 3 rings (SSSR count). The van der Waals surface area contributed by atoms with Gasteiger partial charge in [0.05, 0.1) is 24.4 Å². The molecule has 32 heavy (non-hydrogen) atoms. The molecule has 0 saturated carbocycles. The average molecular weight is 451 g/mol. The van der Waals surface area contributed by atoms with E-state index >= 15 is 0 Å². The van der Waals surface area contributed by atoms with Gasteiger partial charge >= 0.3 is 6.18 Å². The number of hydrogen-bond donors (Lipinski definition) is 0. The van der Waals surface area contributed by atoms with E-state index in [0.29, 0.717) is 29.8 Å². The molecule has 1 aromatic carbocycles. The summed E-state index contributed by atoms with van der Waals surface area (Å²) in [4.78, 5) is 16.7. The van der Waals surface area contributed by atoms with Gasteiger partial charge in [0, 0.05) is 24.9 Å². The Hall–Kier alpha value is -2.61. The van der Waals surface area contributed by atoms with E-state index in [1.54, 1.807) is 31.5 Å². The number of para-hydroxylation sites is 1. The molecule has 0 aliphatic carbocycles. The number of halogens is 3. The molecule has 1 aromatic heterocycles. The Balaban J connectivity index is 2.15. The zero-order chi connectivity index (χ0) is 23.5. The maximum atomic E-state index is 13.7. The van der Waals surface area contributed by atoms with Gasteiger partial charge in [-0.25, -0.2) is 0 Å². The largest absolute Gasteiger partial charge is 0.467 e. The van der Waals surface area contributed by atoms with Gasteiger partial charge in [0.15, 0.2) is 0 Å². The second-order valence-electron chi connectivity index (χ2n) is 8.98. The molecule has 2 heterocycles. The number of carbonyl (C=O) groups excluding carboxylic acids is 1. The number of alkyl halides is 3. The van der Waals surface area contributed by atoms with Crippen molar-refractivity contribution in [3.63, 3.8) is 0 Å². The summed E-state index contributed by atoms with van der Waals surface area (Å²) in [7, 11) is 1.55. The summed E-state index contributed by atoms with van der Waals surface area (Å²) in [6.45, 7) is 5.23. The number of fused-ring (bicyclic) bond motifs is 1. The van der Waals surface area contributed by atoms with Crippen molar-refractivity contribution in [3.8, 4) is 0 Å². The second-order valence-corrected chi connectivity index (χ2v) is 8.98. The van der Waals surface area contributed by atoms with Crippen LogP contribution in [0.4, 0.5) is 18.9 Å². The van der Waals surface area contributed by atoms with Crippen molar-refractivity contribution in [1.82, 2.24) is 4.98 Å². The van der Waals surface area contributed by atoms with Crippen molar-refractivity contribution in [3.05, 3.63) is 59.4 Å². The predicted octanol–water partition coefficient (Wildman–Crippen LogP) is 5.59. The number of benzene rings is 1. The SMILES string of the molecule is COC(C)c1ncccc1C1C(CC(C)(C)COC=O)c2ccccc2N1CC(F)(F)F. The minimum atomic E-state index is -4.38. The summed E-state index contributed by atoms with van der Waals surface area (Å²) in [5.41, 5.74) is 2.29. The minimum Gasteiger partial charge on any atom is -0.467 e. The molecule has 0 fully saturated rings. The number of methoxy groups -OCH3 is 1. The van der Waals surface area contributed by atoms with Crippen LogP contribution in [0.1, 0.15) is 62.1 Å². The Labute approximate surface area is 186 Å². The van der Waals surface area contributed by atoms with Gasteiger partial charge in [0.1, 0.15) is 6.54 Å². The number of aromatic nitrogens is 1. The molecule has 1 aliphatic heterocycles. The Morgan fingerprint density at radius 2 is 1.84 bits per heavy atom. The lowest BCUT2D eigenvalue weighted by atomic mass is 9.76. The van der Waals surface area contributed by atoms with Gasteiger partial charge in [-0.1, -0.05) is 38.1 Å². The van der Waals surface area contributed by atoms with Gasteiger partial charge in [0.25, 0.3) is 6.47 Å². The maximum absolute atomic E-state index is 13.7. The smallest absolute Gasteiger partial charge is 0.405 e. The third-order valence-electron chi connectivity index (χ3n) is 5.96. The zero-order valence-electron chi connectivity index (χ0n) is 18.7. The summed E-state index contributed by atoms with van der Waals surface area (Å²) >= 11 is 0. The van der Waals surface area contributed by atoms with Crippen molar-refractivity contribution in [2.45, 2.75) is 51.4 Å². The monoisotopic (exact) mass is 450 g/mol. The highest BCUT2D eigenvalue weighted by atomic mass is 19.4. The van der Waals surface area contributed by atoms with Crippen LogP contribution in [0.25, 0.3) is 0 Å². The summed E-state index contributed by atoms with van der Waals surface area (Å²) < 4.78 is 51.6. The Morgan fingerprint density at radius 3 is 2.50 bits per heavy atom. The first-order valence-electron chi connectivity index (χ1n) is 10.5. The lowest BCUT2D eigenvalue weighted by Gasteiger charge is -2.36. The quantitative estimate of drug-likeness (QED) is 0.467. The van der Waals surface area contributed by atoms with Gasteiger partial charge < -0.3 is 14.4 Å². The first-order valence-corrected chi connectivity index (χ1v) is 10.5. The highest BCUT2D eigenvalue weighted by Crippen LogP contribution is 2.54. The number of ether oxygens (including phenoxy) is 2. The molecule has 0 saturated heterocycles. The third-order valence-corrected chi connectivity index (χ3v) is 5.96. The molecule has 8 heteroatoms. The summed E-state index contributed by atoms with van der Waals surface area (Å²) in [5, 5.41) is 0. The van der Waals surface area contributed by atoms with Crippen LogP contribution in [-0.4, -0.2) is 37.9 Å². The number of anilines is 1. The highest BCUT2D eigenvalue weighted by Gasteiger charge is 2.46. The van der Waals surface area contributed by atoms with Crippen molar-refractivity contribution in [1.29, 1.82) is 0 Å². The van der Waals surface area contributed by atoms with Crippen LogP contribution >= 0.6 is 0 Å². The molecule has 0 amide bonds. The van der Waals surface area contributed by atoms with Crippen molar-refractivity contribution in [2.24, 2.45) is 5.41 Å². The van der Waals surface area contributed by atoms with Gasteiger partial charge in [-0.05, 0) is 42.0 Å². The zero-order valence-corrected chi connectivity index (χ0v) is 18.7. The molecule has 174 valence electrons. The maximum Gasteiger partial charge on any atom is 0.405 e. The number of hydrogen-bond acceptors (Lipinski definition) is 5. The van der Waals surface area contributed by atoms with E-state index in [1.165, 1.54) is 4.90 Å². The first kappa shape index (κ1) is 24.0. The van der Waals surface area contributed by atoms with E-state index in [4.69, 9.17) is 9.47 Å². The highest BCUT2D eigenvalue weighted by molar-refractivity contribution is 5.64. The lowest BCUT2D eigenvalue weighted by Crippen LogP contribution is -2.37. The second kappa shape index (κ2) is 9.48. The van der Waals surface area contributed by atoms with Crippen LogP contribution < -0.4 is 4.90 Å². The normalized spacial score (nSPS) is 19.5. The van der Waals surface area contributed by atoms with Crippen LogP contribution in [-0.2, 0) is 14.3 Å². The molecule has 0 bridgehead atoms. The topological polar surface area (TPSA) is 51.7 Å². The Kier molecular flexibility index (Phi) is 7.12. The number of rotatable bonds is 9. The standard InChI is InChI=1S/C24H29F3N2O3/c1-16(31-4)21-18(9-7-11-28-21)22-19(12-23(2,3)14-32-15-30)17-8-5-6-10-20(17)29(22)13-24(25,26)27/h5-11,15-16,19,22H,12-14H2,1-4H3. The van der Waals surface area contributed by atoms with Crippen LogP contribution in [0.5, 0.6) is 0 Å². The number of nitrogens with zero attached hydrogens (tertiary/aromatic N) is 2. The summed E-state index contributed by atoms with van der Waals surface area (Å²) in [6.07, 6.45) is -2.62. The molecule has 0 N–H and O–H groups in total. The number of carbonyl (C=O) groups is 1. The van der Waals surface area contributed by atoms with Gasteiger partial charge in [0.2, 0.25) is 0 Å². The molecule has 0 radical (unpaired) electrons. The third kappa shape index (κ3) is 5.23. The van der Waals surface area contributed by atoms with E-state index < -0.39 is 24.2 Å². The van der Waals surface area contributed by atoms with E-state index in [0.717, 1.165) is 5.56 Å². The first-order chi connectivity index (χ1) is 15.1. The Morgan fingerprint density at radius 1 is 1.16 bits per heavy atom. The van der Waals surface area contributed by atoms with Crippen LogP contribution in [0.15, 0.2) is 42.6 Å². The predicted molar refractivity (Wildman–Crippen MR) is 115 cm³/mol. The van der Waals surface area contributed by atoms with Crippen molar-refractivity contribution in [2.75, 3.05) is 25.2 Å². The van der Waals surface area contributed by atoms with E-state index in [-0.39, 0.29) is 18.6 Å². The molecule has 5 nitrogen and oxygen atoms in total. The molecule has 0 spiro atoms. The molecular formula is C24H29F3N2O3. The Bertz CT molecular complexity index is 933. The molecule has 1 aliphatic rings. The molecular weight excluding hydrogens is 421 g/mol.